The van der Waals surface area contributed by atoms with E-state index in [1.807, 2.05) is 0 Å². The number of nitrogens with zero attached hydrogens (tertiary/aromatic N) is 1. The molecule has 0 spiro atoms. The Balaban J connectivity index is 2.28. The maximum atomic E-state index is 11.9. The Morgan fingerprint density at radius 1 is 1.22 bits per heavy atom. The van der Waals surface area contributed by atoms with Crippen molar-refractivity contribution in [3.63, 3.8) is 0 Å². The van der Waals surface area contributed by atoms with Gasteiger partial charge in [0.05, 0.1) is 0 Å². The van der Waals surface area contributed by atoms with Crippen LogP contribution in [0, 0.1) is 0 Å². The van der Waals surface area contributed by atoms with Crippen LogP contribution in [0.5, 0.6) is 11.8 Å². The number of fused-ring (bicyclic) bond motifs is 1. The highest BCUT2D eigenvalue weighted by molar-refractivity contribution is 5.74. The van der Waals surface area contributed by atoms with Crippen LogP contribution in [0.25, 0.3) is 11.1 Å². The van der Waals surface area contributed by atoms with Crippen molar-refractivity contribution < 1.29 is 35.8 Å². The highest BCUT2D eigenvalue weighted by Crippen LogP contribution is 2.28. The predicted molar refractivity (Wildman–Crippen MR) is 47.3 cm³/mol. The quantitative estimate of drug-likeness (QED) is 0.802. The van der Waals surface area contributed by atoms with Gasteiger partial charge in [-0.2, -0.15) is 13.8 Å². The van der Waals surface area contributed by atoms with Gasteiger partial charge in [-0.25, -0.2) is 0 Å². The normalized spacial score (nSPS) is 12.1. The number of rotatable bonds is 3. The van der Waals surface area contributed by atoms with Crippen molar-refractivity contribution in [3.05, 3.63) is 18.2 Å². The summed E-state index contributed by atoms with van der Waals surface area (Å²) < 4.78 is 71.7. The molecule has 0 unspecified atom stereocenters. The van der Waals surface area contributed by atoms with Gasteiger partial charge < -0.3 is 13.9 Å². The minimum atomic E-state index is -4.85. The summed E-state index contributed by atoms with van der Waals surface area (Å²) in [6.45, 7) is -3.14. The Kier molecular flexibility index (Phi) is 2.97. The molecule has 0 amide bonds. The Labute approximate surface area is 95.9 Å². The van der Waals surface area contributed by atoms with Crippen LogP contribution in [-0.2, 0) is 0 Å². The topological polar surface area (TPSA) is 44.5 Å². The summed E-state index contributed by atoms with van der Waals surface area (Å²) in [4.78, 5) is 3.43. The van der Waals surface area contributed by atoms with Gasteiger partial charge in [0.2, 0.25) is 0 Å². The van der Waals surface area contributed by atoms with Crippen molar-refractivity contribution in [2.24, 2.45) is 0 Å². The SMILES string of the molecule is FC(F)Oc1nc2cc(OC(F)(F)F)ccc2o1. The third-order valence-corrected chi connectivity index (χ3v) is 1.76. The first-order valence-corrected chi connectivity index (χ1v) is 4.44. The first kappa shape index (κ1) is 12.4. The summed E-state index contributed by atoms with van der Waals surface area (Å²) in [6.07, 6.45) is -5.58. The van der Waals surface area contributed by atoms with Crippen LogP contribution < -0.4 is 9.47 Å². The molecule has 0 bridgehead atoms. The second-order valence-electron chi connectivity index (χ2n) is 3.04. The van der Waals surface area contributed by atoms with Gasteiger partial charge in [0.25, 0.3) is 0 Å². The highest BCUT2D eigenvalue weighted by atomic mass is 19.4. The minimum absolute atomic E-state index is 0.000162. The molecule has 0 radical (unpaired) electrons. The predicted octanol–water partition coefficient (Wildman–Crippen LogP) is 3.33. The number of benzene rings is 1. The molecule has 9 heteroatoms. The molecule has 2 aromatic rings. The third kappa shape index (κ3) is 2.99. The van der Waals surface area contributed by atoms with Gasteiger partial charge in [-0.05, 0) is 12.1 Å². The summed E-state index contributed by atoms with van der Waals surface area (Å²) >= 11 is 0. The van der Waals surface area contributed by atoms with E-state index in [1.54, 1.807) is 0 Å². The van der Waals surface area contributed by atoms with E-state index in [4.69, 9.17) is 4.42 Å². The number of alkyl halides is 5. The molecule has 0 atom stereocenters. The number of halogens is 5. The molecule has 1 heterocycles. The Morgan fingerprint density at radius 3 is 2.56 bits per heavy atom. The van der Waals surface area contributed by atoms with Crippen LogP contribution in [0.1, 0.15) is 0 Å². The molecule has 0 aliphatic carbocycles. The number of hydrogen-bond donors (Lipinski definition) is 0. The molecule has 98 valence electrons. The van der Waals surface area contributed by atoms with E-state index in [-0.39, 0.29) is 11.1 Å². The second-order valence-corrected chi connectivity index (χ2v) is 3.04. The van der Waals surface area contributed by atoms with Crippen molar-refractivity contribution in [2.45, 2.75) is 13.0 Å². The molecular formula is C9H4F5NO3. The fourth-order valence-corrected chi connectivity index (χ4v) is 1.21. The summed E-state index contributed by atoms with van der Waals surface area (Å²) in [5, 5.41) is 0. The average Bonchev–Trinajstić information content (AvgIpc) is 2.55. The fourth-order valence-electron chi connectivity index (χ4n) is 1.21. The van der Waals surface area contributed by atoms with Crippen molar-refractivity contribution in [1.29, 1.82) is 0 Å². The Hall–Kier alpha value is -2.06. The molecule has 4 nitrogen and oxygen atoms in total. The molecule has 0 aliphatic heterocycles. The van der Waals surface area contributed by atoms with Crippen LogP contribution in [-0.4, -0.2) is 18.0 Å². The zero-order valence-electron chi connectivity index (χ0n) is 8.37. The lowest BCUT2D eigenvalue weighted by Crippen LogP contribution is -2.16. The molecule has 0 fully saturated rings. The molecule has 0 aliphatic rings. The molecule has 2 rings (SSSR count). The largest absolute Gasteiger partial charge is 0.573 e. The van der Waals surface area contributed by atoms with Gasteiger partial charge >= 0.3 is 19.1 Å². The smallest absolute Gasteiger partial charge is 0.409 e. The second kappa shape index (κ2) is 4.31. The van der Waals surface area contributed by atoms with Crippen LogP contribution in [0.15, 0.2) is 22.6 Å². The van der Waals surface area contributed by atoms with Crippen LogP contribution in [0.4, 0.5) is 22.0 Å². The number of ether oxygens (including phenoxy) is 2. The van der Waals surface area contributed by atoms with Gasteiger partial charge in [-0.3, -0.25) is 0 Å². The summed E-state index contributed by atoms with van der Waals surface area (Å²) in [5.41, 5.74) is -0.0902. The minimum Gasteiger partial charge on any atom is -0.409 e. The zero-order chi connectivity index (χ0) is 13.3. The standard InChI is InChI=1S/C9H4F5NO3/c10-7(11)17-8-15-5-3-4(18-9(12,13)14)1-2-6(5)16-8/h1-3,7H. The number of oxazole rings is 1. The fraction of sp³-hybridized carbons (Fsp3) is 0.222. The van der Waals surface area contributed by atoms with Crippen molar-refractivity contribution in [1.82, 2.24) is 4.98 Å². The molecular weight excluding hydrogens is 265 g/mol. The van der Waals surface area contributed by atoms with E-state index in [0.717, 1.165) is 18.2 Å². The lowest BCUT2D eigenvalue weighted by Gasteiger charge is -2.07. The van der Waals surface area contributed by atoms with E-state index in [9.17, 15) is 22.0 Å². The van der Waals surface area contributed by atoms with Gasteiger partial charge in [-0.1, -0.05) is 0 Å². The third-order valence-electron chi connectivity index (χ3n) is 1.76. The molecule has 18 heavy (non-hydrogen) atoms. The first-order valence-electron chi connectivity index (χ1n) is 4.44. The number of aromatic nitrogens is 1. The van der Waals surface area contributed by atoms with Gasteiger partial charge in [0, 0.05) is 6.07 Å². The van der Waals surface area contributed by atoms with Crippen molar-refractivity contribution in [3.8, 4) is 11.8 Å². The molecule has 0 saturated carbocycles. The van der Waals surface area contributed by atoms with Crippen molar-refractivity contribution in [2.75, 3.05) is 0 Å². The molecule has 0 saturated heterocycles. The monoisotopic (exact) mass is 269 g/mol. The lowest BCUT2D eigenvalue weighted by molar-refractivity contribution is -0.274. The first-order chi connectivity index (χ1) is 8.33. The van der Waals surface area contributed by atoms with Gasteiger partial charge in [0.15, 0.2) is 5.58 Å². The Morgan fingerprint density at radius 2 is 1.94 bits per heavy atom. The van der Waals surface area contributed by atoms with E-state index < -0.39 is 24.8 Å². The van der Waals surface area contributed by atoms with E-state index in [2.05, 4.69) is 14.5 Å². The number of hydrogen-bond acceptors (Lipinski definition) is 4. The van der Waals surface area contributed by atoms with Crippen LogP contribution >= 0.6 is 0 Å². The van der Waals surface area contributed by atoms with E-state index in [0.29, 0.717) is 0 Å². The average molecular weight is 269 g/mol. The molecule has 1 aromatic carbocycles. The van der Waals surface area contributed by atoms with Crippen LogP contribution in [0.3, 0.4) is 0 Å². The summed E-state index contributed by atoms with van der Waals surface area (Å²) in [7, 11) is 0. The maximum absolute atomic E-state index is 11.9. The maximum Gasteiger partial charge on any atom is 0.573 e. The van der Waals surface area contributed by atoms with E-state index >= 15 is 0 Å². The van der Waals surface area contributed by atoms with Gasteiger partial charge in [-0.15, -0.1) is 13.2 Å². The molecule has 1 aromatic heterocycles. The lowest BCUT2D eigenvalue weighted by atomic mass is 10.3. The van der Waals surface area contributed by atoms with Gasteiger partial charge in [0.1, 0.15) is 11.3 Å². The zero-order valence-corrected chi connectivity index (χ0v) is 8.37. The molecule has 0 N–H and O–H groups in total. The van der Waals surface area contributed by atoms with Crippen molar-refractivity contribution >= 4 is 11.1 Å². The van der Waals surface area contributed by atoms with E-state index in [1.165, 1.54) is 0 Å². The van der Waals surface area contributed by atoms with Crippen LogP contribution in [0.2, 0.25) is 0 Å². The summed E-state index contributed by atoms with van der Waals surface area (Å²) in [6, 6.07) is 2.96. The Bertz CT molecular complexity index is 551. The highest BCUT2D eigenvalue weighted by Gasteiger charge is 2.31. The summed E-state index contributed by atoms with van der Waals surface area (Å²) in [5.74, 6) is -0.535.